The summed E-state index contributed by atoms with van der Waals surface area (Å²) < 4.78 is 5.35. The maximum absolute atomic E-state index is 5.74. The van der Waals surface area contributed by atoms with Crippen molar-refractivity contribution < 1.29 is 4.74 Å². The lowest BCUT2D eigenvalue weighted by atomic mass is 10.0. The van der Waals surface area contributed by atoms with E-state index in [4.69, 9.17) is 10.5 Å². The van der Waals surface area contributed by atoms with Gasteiger partial charge in [0.15, 0.2) is 0 Å². The van der Waals surface area contributed by atoms with Crippen molar-refractivity contribution in [1.82, 2.24) is 9.97 Å². The van der Waals surface area contributed by atoms with Crippen molar-refractivity contribution in [3.63, 3.8) is 0 Å². The highest BCUT2D eigenvalue weighted by Crippen LogP contribution is 2.19. The Morgan fingerprint density at radius 2 is 2.22 bits per heavy atom. The van der Waals surface area contributed by atoms with E-state index in [0.717, 1.165) is 55.3 Å². The van der Waals surface area contributed by atoms with Gasteiger partial charge < -0.3 is 20.8 Å². The minimum absolute atomic E-state index is 0.678. The normalized spacial score (nSPS) is 17.1. The average molecular weight is 246 g/mol. The van der Waals surface area contributed by atoms with Crippen LogP contribution in [0.25, 0.3) is 11.0 Å². The van der Waals surface area contributed by atoms with E-state index in [9.17, 15) is 0 Å². The first-order valence-corrected chi connectivity index (χ1v) is 6.38. The molecule has 1 saturated heterocycles. The van der Waals surface area contributed by atoms with Crippen LogP contribution in [-0.4, -0.2) is 29.7 Å². The molecule has 2 heterocycles. The largest absolute Gasteiger partial charge is 0.399 e. The minimum Gasteiger partial charge on any atom is -0.399 e. The standard InChI is InChI=1S/C13H18N4O/c14-10-1-2-11-12(7-10)17-13(16-11)15-8-9-3-5-18-6-4-9/h1-2,7,9H,3-6,8,14H2,(H2,15,16,17). The summed E-state index contributed by atoms with van der Waals surface area (Å²) in [7, 11) is 0. The number of aromatic nitrogens is 2. The quantitative estimate of drug-likeness (QED) is 0.724. The molecule has 0 saturated carbocycles. The maximum atomic E-state index is 5.74. The van der Waals surface area contributed by atoms with Gasteiger partial charge in [0, 0.05) is 25.4 Å². The van der Waals surface area contributed by atoms with Gasteiger partial charge in [-0.2, -0.15) is 0 Å². The SMILES string of the molecule is Nc1ccc2nc(NCC3CCOCC3)[nH]c2c1. The molecule has 5 heteroatoms. The second-order valence-corrected chi connectivity index (χ2v) is 4.80. The van der Waals surface area contributed by atoms with Crippen LogP contribution in [0.3, 0.4) is 0 Å². The molecule has 0 unspecified atom stereocenters. The molecule has 1 aromatic heterocycles. The Hall–Kier alpha value is -1.75. The van der Waals surface area contributed by atoms with Gasteiger partial charge in [0.25, 0.3) is 0 Å². The molecule has 0 atom stereocenters. The van der Waals surface area contributed by atoms with E-state index in [-0.39, 0.29) is 0 Å². The van der Waals surface area contributed by atoms with Gasteiger partial charge >= 0.3 is 0 Å². The van der Waals surface area contributed by atoms with Crippen molar-refractivity contribution in [2.45, 2.75) is 12.8 Å². The van der Waals surface area contributed by atoms with Crippen LogP contribution in [0.5, 0.6) is 0 Å². The lowest BCUT2D eigenvalue weighted by Gasteiger charge is -2.21. The molecular formula is C13H18N4O. The Kier molecular flexibility index (Phi) is 3.06. The number of ether oxygens (including phenoxy) is 1. The predicted octanol–water partition coefficient (Wildman–Crippen LogP) is 1.98. The number of nitrogens with zero attached hydrogens (tertiary/aromatic N) is 1. The second kappa shape index (κ2) is 4.86. The zero-order valence-corrected chi connectivity index (χ0v) is 10.3. The van der Waals surface area contributed by atoms with Crippen molar-refractivity contribution in [3.8, 4) is 0 Å². The fourth-order valence-corrected chi connectivity index (χ4v) is 2.30. The number of rotatable bonds is 3. The van der Waals surface area contributed by atoms with Crippen LogP contribution in [0.1, 0.15) is 12.8 Å². The third-order valence-corrected chi connectivity index (χ3v) is 3.40. The van der Waals surface area contributed by atoms with E-state index >= 15 is 0 Å². The van der Waals surface area contributed by atoms with Gasteiger partial charge in [0.1, 0.15) is 0 Å². The first-order valence-electron chi connectivity index (χ1n) is 6.38. The Balaban J connectivity index is 1.67. The summed E-state index contributed by atoms with van der Waals surface area (Å²) in [5.41, 5.74) is 8.41. The van der Waals surface area contributed by atoms with E-state index in [0.29, 0.717) is 5.92 Å². The summed E-state index contributed by atoms with van der Waals surface area (Å²) in [6.45, 7) is 2.70. The highest BCUT2D eigenvalue weighted by molar-refractivity contribution is 5.80. The van der Waals surface area contributed by atoms with Gasteiger partial charge in [-0.1, -0.05) is 0 Å². The monoisotopic (exact) mass is 246 g/mol. The maximum Gasteiger partial charge on any atom is 0.201 e. The molecule has 1 aromatic carbocycles. The van der Waals surface area contributed by atoms with Crippen LogP contribution >= 0.6 is 0 Å². The van der Waals surface area contributed by atoms with E-state index in [1.54, 1.807) is 0 Å². The molecule has 18 heavy (non-hydrogen) atoms. The molecule has 1 fully saturated rings. The van der Waals surface area contributed by atoms with Gasteiger partial charge in [-0.05, 0) is 37.0 Å². The van der Waals surface area contributed by atoms with E-state index in [1.807, 2.05) is 18.2 Å². The molecule has 0 radical (unpaired) electrons. The Labute approximate surface area is 106 Å². The minimum atomic E-state index is 0.678. The third kappa shape index (κ3) is 2.41. The van der Waals surface area contributed by atoms with Crippen LogP contribution in [0, 0.1) is 5.92 Å². The Bertz CT molecular complexity index is 531. The molecule has 0 amide bonds. The van der Waals surface area contributed by atoms with E-state index in [1.165, 1.54) is 0 Å². The first-order chi connectivity index (χ1) is 8.81. The fraction of sp³-hybridized carbons (Fsp3) is 0.462. The molecule has 5 nitrogen and oxygen atoms in total. The molecule has 0 spiro atoms. The highest BCUT2D eigenvalue weighted by atomic mass is 16.5. The number of anilines is 2. The second-order valence-electron chi connectivity index (χ2n) is 4.80. The number of nitrogens with one attached hydrogen (secondary N) is 2. The number of imidazole rings is 1. The molecule has 3 rings (SSSR count). The summed E-state index contributed by atoms with van der Waals surface area (Å²) in [5, 5.41) is 3.36. The van der Waals surface area contributed by atoms with Gasteiger partial charge in [0.05, 0.1) is 11.0 Å². The number of benzene rings is 1. The summed E-state index contributed by atoms with van der Waals surface area (Å²) in [5.74, 6) is 1.50. The van der Waals surface area contributed by atoms with Crippen LogP contribution in [0.4, 0.5) is 11.6 Å². The van der Waals surface area contributed by atoms with Crippen molar-refractivity contribution in [2.24, 2.45) is 5.92 Å². The molecular weight excluding hydrogens is 228 g/mol. The van der Waals surface area contributed by atoms with Crippen molar-refractivity contribution in [1.29, 1.82) is 0 Å². The third-order valence-electron chi connectivity index (χ3n) is 3.40. The molecule has 0 bridgehead atoms. The van der Waals surface area contributed by atoms with Gasteiger partial charge in [0.2, 0.25) is 5.95 Å². The summed E-state index contributed by atoms with van der Waals surface area (Å²) in [4.78, 5) is 7.73. The van der Waals surface area contributed by atoms with E-state index < -0.39 is 0 Å². The summed E-state index contributed by atoms with van der Waals surface area (Å²) in [6, 6.07) is 5.70. The van der Waals surface area contributed by atoms with Gasteiger partial charge in [-0.25, -0.2) is 4.98 Å². The fourth-order valence-electron chi connectivity index (χ4n) is 2.30. The average Bonchev–Trinajstić information content (AvgIpc) is 2.79. The number of H-pyrrole nitrogens is 1. The number of nitrogen functional groups attached to an aromatic ring is 1. The first kappa shape index (κ1) is 11.3. The van der Waals surface area contributed by atoms with Crippen LogP contribution in [-0.2, 0) is 4.74 Å². The number of aromatic amines is 1. The Morgan fingerprint density at radius 3 is 3.06 bits per heavy atom. The lowest BCUT2D eigenvalue weighted by molar-refractivity contribution is 0.0699. The molecule has 1 aliphatic rings. The van der Waals surface area contributed by atoms with Crippen LogP contribution in [0.15, 0.2) is 18.2 Å². The number of hydrogen-bond donors (Lipinski definition) is 3. The molecule has 2 aromatic rings. The summed E-state index contributed by atoms with van der Waals surface area (Å²) in [6.07, 6.45) is 2.25. The molecule has 96 valence electrons. The van der Waals surface area contributed by atoms with Crippen molar-refractivity contribution in [3.05, 3.63) is 18.2 Å². The number of nitrogens with two attached hydrogens (primary N) is 1. The topological polar surface area (TPSA) is 76.0 Å². The molecule has 4 N–H and O–H groups in total. The van der Waals surface area contributed by atoms with Crippen LogP contribution < -0.4 is 11.1 Å². The number of hydrogen-bond acceptors (Lipinski definition) is 4. The summed E-state index contributed by atoms with van der Waals surface area (Å²) >= 11 is 0. The van der Waals surface area contributed by atoms with Crippen LogP contribution in [0.2, 0.25) is 0 Å². The van der Waals surface area contributed by atoms with Gasteiger partial charge in [-0.15, -0.1) is 0 Å². The van der Waals surface area contributed by atoms with Crippen molar-refractivity contribution in [2.75, 3.05) is 30.8 Å². The predicted molar refractivity (Wildman–Crippen MR) is 72.5 cm³/mol. The number of fused-ring (bicyclic) bond motifs is 1. The zero-order chi connectivity index (χ0) is 12.4. The molecule has 0 aliphatic carbocycles. The Morgan fingerprint density at radius 1 is 1.39 bits per heavy atom. The van der Waals surface area contributed by atoms with Gasteiger partial charge in [-0.3, -0.25) is 0 Å². The smallest absolute Gasteiger partial charge is 0.201 e. The molecule has 1 aliphatic heterocycles. The zero-order valence-electron chi connectivity index (χ0n) is 10.3. The lowest BCUT2D eigenvalue weighted by Crippen LogP contribution is -2.22. The van der Waals surface area contributed by atoms with E-state index in [2.05, 4.69) is 15.3 Å². The van der Waals surface area contributed by atoms with Crippen molar-refractivity contribution >= 4 is 22.7 Å². The highest BCUT2D eigenvalue weighted by Gasteiger charge is 2.13.